The third kappa shape index (κ3) is 3.99. The van der Waals surface area contributed by atoms with Crippen LogP contribution in [-0.4, -0.2) is 32.0 Å². The van der Waals surface area contributed by atoms with Crippen LogP contribution in [0, 0.1) is 0 Å². The molecule has 0 amide bonds. The second-order valence-electron chi connectivity index (χ2n) is 4.66. The Balaban J connectivity index is 0.000000980. The van der Waals surface area contributed by atoms with Gasteiger partial charge in [0, 0.05) is 19.8 Å². The molecule has 0 aromatic heterocycles. The van der Waals surface area contributed by atoms with Gasteiger partial charge >= 0.3 is 0 Å². The average Bonchev–Trinajstić information content (AvgIpc) is 2.21. The van der Waals surface area contributed by atoms with Crippen molar-refractivity contribution >= 4 is 19.8 Å². The Hall–Kier alpha value is 0.596. The van der Waals surface area contributed by atoms with E-state index < -0.39 is 0 Å². The third-order valence-electron chi connectivity index (χ3n) is 3.49. The summed E-state index contributed by atoms with van der Waals surface area (Å²) in [6.45, 7) is 0. The topological polar surface area (TPSA) is 9.23 Å². The van der Waals surface area contributed by atoms with Crippen LogP contribution in [-0.2, 0) is 4.74 Å². The van der Waals surface area contributed by atoms with Gasteiger partial charge in [-0.3, -0.25) is 0 Å². The van der Waals surface area contributed by atoms with Crippen LogP contribution in [0.5, 0.6) is 0 Å². The largest absolute Gasteiger partial charge is 0.375 e. The van der Waals surface area contributed by atoms with E-state index in [4.69, 9.17) is 4.74 Å². The molecular weight excluding hydrogens is 230 g/mol. The first-order valence-electron chi connectivity index (χ1n) is 6.10. The summed E-state index contributed by atoms with van der Waals surface area (Å²) >= 11 is 0. The van der Waals surface area contributed by atoms with Crippen molar-refractivity contribution in [3.05, 3.63) is 0 Å². The molecule has 1 nitrogen and oxygen atoms in total. The molecule has 0 atom stereocenters. The maximum Gasteiger partial charge on any atom is 0.0578 e. The van der Waals surface area contributed by atoms with Crippen LogP contribution in [0.15, 0.2) is 0 Å². The quantitative estimate of drug-likeness (QED) is 0.685. The Bertz CT molecular complexity index is 121. The normalized spacial score (nSPS) is 25.7. The van der Waals surface area contributed by atoms with Crippen molar-refractivity contribution < 1.29 is 4.74 Å². The fraction of sp³-hybridized carbons (Fsp3) is 1.00. The van der Waals surface area contributed by atoms with E-state index in [2.05, 4.69) is 0 Å². The van der Waals surface area contributed by atoms with Gasteiger partial charge in [-0.1, -0.05) is 38.5 Å². The van der Waals surface area contributed by atoms with Crippen molar-refractivity contribution in [1.29, 1.82) is 0 Å². The predicted octanol–water partition coefficient (Wildman–Crippen LogP) is 3.29. The third-order valence-corrected chi connectivity index (χ3v) is 3.49. The van der Waals surface area contributed by atoms with Gasteiger partial charge in [0.1, 0.15) is 0 Å². The minimum atomic E-state index is 0. The summed E-state index contributed by atoms with van der Waals surface area (Å²) in [5.41, 5.74) is 0. The van der Waals surface area contributed by atoms with E-state index in [1.54, 1.807) is 0 Å². The Morgan fingerprint density at radius 1 is 0.571 bits per heavy atom. The van der Waals surface area contributed by atoms with Crippen LogP contribution < -0.4 is 0 Å². The van der Waals surface area contributed by atoms with Gasteiger partial charge in [0.05, 0.1) is 12.2 Å². The summed E-state index contributed by atoms with van der Waals surface area (Å²) in [6.07, 6.45) is 15.0. The average molecular weight is 252 g/mol. The molecule has 2 heteroatoms. The minimum Gasteiger partial charge on any atom is -0.375 e. The molecule has 2 aliphatic rings. The number of ether oxygens (including phenoxy) is 1. The van der Waals surface area contributed by atoms with Crippen molar-refractivity contribution in [1.82, 2.24) is 0 Å². The van der Waals surface area contributed by atoms with E-state index in [1.165, 1.54) is 64.2 Å². The van der Waals surface area contributed by atoms with E-state index in [1.807, 2.05) is 0 Å². The molecule has 0 aliphatic heterocycles. The van der Waals surface area contributed by atoms with Crippen molar-refractivity contribution in [2.24, 2.45) is 0 Å². The molecule has 0 aromatic rings. The number of hydrogen-bond donors (Lipinski definition) is 0. The van der Waals surface area contributed by atoms with Crippen LogP contribution in [0.2, 0.25) is 0 Å². The molecule has 0 spiro atoms. The second kappa shape index (κ2) is 6.97. The van der Waals surface area contributed by atoms with Gasteiger partial charge in [-0.25, -0.2) is 0 Å². The molecule has 0 saturated heterocycles. The molecule has 2 rings (SSSR count). The van der Waals surface area contributed by atoms with E-state index in [-0.39, 0.29) is 19.8 Å². The first-order chi connectivity index (χ1) is 6.45. The van der Waals surface area contributed by atoms with Gasteiger partial charge in [-0.05, 0) is 25.7 Å². The Morgan fingerprint density at radius 2 is 0.929 bits per heavy atom. The Labute approximate surface area is 101 Å². The van der Waals surface area contributed by atoms with Crippen LogP contribution >= 0.6 is 0 Å². The molecule has 2 saturated carbocycles. The Morgan fingerprint density at radius 3 is 1.29 bits per heavy atom. The van der Waals surface area contributed by atoms with E-state index in [0.29, 0.717) is 12.2 Å². The van der Waals surface area contributed by atoms with Crippen molar-refractivity contribution in [3.63, 3.8) is 0 Å². The van der Waals surface area contributed by atoms with Gasteiger partial charge in [-0.2, -0.15) is 0 Å². The van der Waals surface area contributed by atoms with Gasteiger partial charge in [-0.15, -0.1) is 0 Å². The first kappa shape index (κ1) is 12.7. The fourth-order valence-electron chi connectivity index (χ4n) is 2.67. The maximum atomic E-state index is 6.13. The fourth-order valence-corrected chi connectivity index (χ4v) is 2.67. The van der Waals surface area contributed by atoms with Crippen LogP contribution in [0.25, 0.3) is 0 Å². The van der Waals surface area contributed by atoms with E-state index in [0.717, 1.165) is 0 Å². The molecule has 3 radical (unpaired) electrons. The smallest absolute Gasteiger partial charge is 0.0578 e. The molecule has 0 heterocycles. The molecule has 0 bridgehead atoms. The molecule has 14 heavy (non-hydrogen) atoms. The van der Waals surface area contributed by atoms with Crippen molar-refractivity contribution in [2.75, 3.05) is 0 Å². The predicted molar refractivity (Wildman–Crippen MR) is 60.6 cm³/mol. The first-order valence-corrected chi connectivity index (χ1v) is 6.10. The standard InChI is InChI=1S/C12H22O.Ga/c1-3-7-11(8-4-1)13-12-9-5-2-6-10-12;/h11-12H,1-10H2;. The zero-order valence-corrected chi connectivity index (χ0v) is 11.6. The number of hydrogen-bond acceptors (Lipinski definition) is 1. The summed E-state index contributed by atoms with van der Waals surface area (Å²) in [5.74, 6) is 0. The van der Waals surface area contributed by atoms with Gasteiger partial charge in [0.2, 0.25) is 0 Å². The summed E-state index contributed by atoms with van der Waals surface area (Å²) < 4.78 is 6.13. The SMILES string of the molecule is C1CCC(OC2CCCCC2)CC1.[Ga]. The second-order valence-corrected chi connectivity index (χ2v) is 4.66. The zero-order valence-electron chi connectivity index (χ0n) is 9.21. The summed E-state index contributed by atoms with van der Waals surface area (Å²) in [5, 5.41) is 0. The van der Waals surface area contributed by atoms with Crippen molar-refractivity contribution in [2.45, 2.75) is 76.4 Å². The van der Waals surface area contributed by atoms with Gasteiger partial charge < -0.3 is 4.74 Å². The molecule has 2 fully saturated rings. The van der Waals surface area contributed by atoms with Crippen LogP contribution in [0.3, 0.4) is 0 Å². The molecular formula is C12H22GaO. The minimum absolute atomic E-state index is 0. The molecule has 2 aliphatic carbocycles. The molecule has 0 unspecified atom stereocenters. The molecule has 0 N–H and O–H groups in total. The van der Waals surface area contributed by atoms with Gasteiger partial charge in [0.25, 0.3) is 0 Å². The number of rotatable bonds is 2. The van der Waals surface area contributed by atoms with E-state index in [9.17, 15) is 0 Å². The van der Waals surface area contributed by atoms with Gasteiger partial charge in [0.15, 0.2) is 0 Å². The molecule has 79 valence electrons. The summed E-state index contributed by atoms with van der Waals surface area (Å²) in [7, 11) is 0. The van der Waals surface area contributed by atoms with E-state index >= 15 is 0 Å². The molecule has 0 aromatic carbocycles. The summed E-state index contributed by atoms with van der Waals surface area (Å²) in [6, 6.07) is 0. The van der Waals surface area contributed by atoms with Crippen LogP contribution in [0.1, 0.15) is 64.2 Å². The monoisotopic (exact) mass is 251 g/mol. The van der Waals surface area contributed by atoms with Crippen molar-refractivity contribution in [3.8, 4) is 0 Å². The summed E-state index contributed by atoms with van der Waals surface area (Å²) in [4.78, 5) is 0. The van der Waals surface area contributed by atoms with Crippen LogP contribution in [0.4, 0.5) is 0 Å². The Kier molecular flexibility index (Phi) is 6.30. The maximum absolute atomic E-state index is 6.13. The zero-order chi connectivity index (χ0) is 8.93.